The maximum atomic E-state index is 11.4. The van der Waals surface area contributed by atoms with Crippen molar-refractivity contribution in [1.29, 1.82) is 0 Å². The second-order valence-electron chi connectivity index (χ2n) is 5.59. The molecule has 2 rings (SSSR count). The molecule has 1 fully saturated rings. The van der Waals surface area contributed by atoms with E-state index in [1.807, 2.05) is 13.8 Å². The topological polar surface area (TPSA) is 71.4 Å². The van der Waals surface area contributed by atoms with Gasteiger partial charge in [-0.15, -0.1) is 0 Å². The lowest BCUT2D eigenvalue weighted by Gasteiger charge is -2.21. The van der Waals surface area contributed by atoms with E-state index in [1.54, 1.807) is 24.3 Å². The van der Waals surface area contributed by atoms with E-state index in [2.05, 4.69) is 0 Å². The van der Waals surface area contributed by atoms with Crippen LogP contribution in [0, 0.1) is 11.8 Å². The van der Waals surface area contributed by atoms with Crippen LogP contribution in [-0.2, 0) is 20.0 Å². The van der Waals surface area contributed by atoms with Gasteiger partial charge in [-0.25, -0.2) is 8.42 Å². The fraction of sp³-hybridized carbons (Fsp3) is 0.500. The largest absolute Gasteiger partial charge is 0.481 e. The van der Waals surface area contributed by atoms with Crippen LogP contribution in [0.1, 0.15) is 25.8 Å². The smallest absolute Gasteiger partial charge is 0.307 e. The van der Waals surface area contributed by atoms with Crippen molar-refractivity contribution < 1.29 is 18.3 Å². The van der Waals surface area contributed by atoms with Gasteiger partial charge in [-0.1, -0.05) is 26.0 Å². The maximum Gasteiger partial charge on any atom is 0.307 e. The molecule has 0 heterocycles. The van der Waals surface area contributed by atoms with Crippen molar-refractivity contribution in [2.45, 2.75) is 30.6 Å². The van der Waals surface area contributed by atoms with Gasteiger partial charge in [0.2, 0.25) is 0 Å². The molecule has 0 aromatic heterocycles. The Balaban J connectivity index is 2.39. The summed E-state index contributed by atoms with van der Waals surface area (Å²) in [4.78, 5) is 11.5. The van der Waals surface area contributed by atoms with Crippen LogP contribution in [0.5, 0.6) is 0 Å². The van der Waals surface area contributed by atoms with Crippen LogP contribution in [0.4, 0.5) is 0 Å². The average Bonchev–Trinajstić information content (AvgIpc) is 3.04. The van der Waals surface area contributed by atoms with Gasteiger partial charge >= 0.3 is 5.97 Å². The number of hydrogen-bond donors (Lipinski definition) is 1. The van der Waals surface area contributed by atoms with Gasteiger partial charge in [0.05, 0.1) is 10.8 Å². The van der Waals surface area contributed by atoms with Gasteiger partial charge in [-0.3, -0.25) is 4.79 Å². The quantitative estimate of drug-likeness (QED) is 0.918. The first-order valence-corrected chi connectivity index (χ1v) is 8.12. The number of carboxylic acid groups (broad SMARTS) is 1. The number of benzene rings is 1. The molecule has 4 nitrogen and oxygen atoms in total. The van der Waals surface area contributed by atoms with Gasteiger partial charge in [-0.2, -0.15) is 0 Å². The highest BCUT2D eigenvalue weighted by atomic mass is 32.2. The van der Waals surface area contributed by atoms with Crippen LogP contribution in [-0.4, -0.2) is 25.7 Å². The summed E-state index contributed by atoms with van der Waals surface area (Å²) in [6.45, 7) is 4.01. The van der Waals surface area contributed by atoms with E-state index < -0.39 is 15.8 Å². The van der Waals surface area contributed by atoms with Crippen molar-refractivity contribution in [2.24, 2.45) is 11.8 Å². The molecule has 0 bridgehead atoms. The first kappa shape index (κ1) is 14.1. The highest BCUT2D eigenvalue weighted by molar-refractivity contribution is 7.90. The van der Waals surface area contributed by atoms with Crippen molar-refractivity contribution in [1.82, 2.24) is 0 Å². The van der Waals surface area contributed by atoms with E-state index in [1.165, 1.54) is 0 Å². The Hall–Kier alpha value is -1.36. The summed E-state index contributed by atoms with van der Waals surface area (Å²) in [6, 6.07) is 6.62. The van der Waals surface area contributed by atoms with E-state index in [0.717, 1.165) is 11.8 Å². The summed E-state index contributed by atoms with van der Waals surface area (Å²) >= 11 is 0. The van der Waals surface area contributed by atoms with E-state index >= 15 is 0 Å². The van der Waals surface area contributed by atoms with Crippen molar-refractivity contribution >= 4 is 15.8 Å². The van der Waals surface area contributed by atoms with E-state index in [0.29, 0.717) is 6.42 Å². The lowest BCUT2D eigenvalue weighted by molar-refractivity contribution is -0.139. The highest BCUT2D eigenvalue weighted by Crippen LogP contribution is 2.59. The zero-order valence-corrected chi connectivity index (χ0v) is 12.1. The van der Waals surface area contributed by atoms with Gasteiger partial charge < -0.3 is 5.11 Å². The number of carbonyl (C=O) groups is 1. The van der Waals surface area contributed by atoms with Gasteiger partial charge in [0.1, 0.15) is 0 Å². The van der Waals surface area contributed by atoms with Crippen LogP contribution in [0.15, 0.2) is 29.2 Å². The highest BCUT2D eigenvalue weighted by Gasteiger charge is 2.61. The van der Waals surface area contributed by atoms with Crippen molar-refractivity contribution in [3.05, 3.63) is 29.8 Å². The standard InChI is InChI=1S/C14H18O4S/c1-9(2)14(8-12(14)13(15)16)10-4-6-11(7-5-10)19(3,17)18/h4-7,9,12H,8H2,1-3H3,(H,15,16). The number of aliphatic carboxylic acids is 1. The zero-order chi connectivity index (χ0) is 14.4. The van der Waals surface area contributed by atoms with Crippen molar-refractivity contribution in [3.63, 3.8) is 0 Å². The third-order valence-corrected chi connectivity index (χ3v) is 5.28. The fourth-order valence-electron chi connectivity index (χ4n) is 2.89. The second kappa shape index (κ2) is 4.34. The maximum absolute atomic E-state index is 11.4. The third kappa shape index (κ3) is 2.27. The summed E-state index contributed by atoms with van der Waals surface area (Å²) in [5.74, 6) is -0.935. The molecule has 0 radical (unpaired) electrons. The molecule has 1 aliphatic carbocycles. The summed E-state index contributed by atoms with van der Waals surface area (Å²) in [5.41, 5.74) is 0.573. The van der Waals surface area contributed by atoms with Crippen molar-refractivity contribution in [3.8, 4) is 0 Å². The van der Waals surface area contributed by atoms with Crippen LogP contribution < -0.4 is 0 Å². The Morgan fingerprint density at radius 2 is 1.84 bits per heavy atom. The lowest BCUT2D eigenvalue weighted by atomic mass is 9.83. The molecular weight excluding hydrogens is 264 g/mol. The minimum Gasteiger partial charge on any atom is -0.481 e. The van der Waals surface area contributed by atoms with Crippen LogP contribution in [0.3, 0.4) is 0 Å². The minimum absolute atomic E-state index is 0.206. The van der Waals surface area contributed by atoms with Crippen LogP contribution in [0.2, 0.25) is 0 Å². The molecule has 5 heteroatoms. The molecule has 104 valence electrons. The lowest BCUT2D eigenvalue weighted by Crippen LogP contribution is -2.21. The minimum atomic E-state index is -3.21. The first-order chi connectivity index (χ1) is 8.69. The predicted molar refractivity (Wildman–Crippen MR) is 71.8 cm³/mol. The molecule has 1 aliphatic rings. The monoisotopic (exact) mass is 282 g/mol. The molecule has 1 aromatic carbocycles. The molecule has 1 saturated carbocycles. The number of carboxylic acids is 1. The van der Waals surface area contributed by atoms with Gasteiger partial charge in [0.15, 0.2) is 9.84 Å². The third-order valence-electron chi connectivity index (χ3n) is 4.15. The van der Waals surface area contributed by atoms with Crippen molar-refractivity contribution in [2.75, 3.05) is 6.26 Å². The van der Waals surface area contributed by atoms with Crippen LogP contribution in [0.25, 0.3) is 0 Å². The summed E-state index contributed by atoms with van der Waals surface area (Å²) in [7, 11) is -3.21. The Morgan fingerprint density at radius 1 is 1.32 bits per heavy atom. The molecule has 0 spiro atoms. The Kier molecular flexibility index (Phi) is 3.21. The molecule has 2 atom stereocenters. The Labute approximate surface area is 113 Å². The summed E-state index contributed by atoms with van der Waals surface area (Å²) in [5, 5.41) is 9.19. The fourth-order valence-corrected chi connectivity index (χ4v) is 3.52. The summed E-state index contributed by atoms with van der Waals surface area (Å²) in [6.07, 6.45) is 1.79. The summed E-state index contributed by atoms with van der Waals surface area (Å²) < 4.78 is 22.8. The van der Waals surface area contributed by atoms with Gasteiger partial charge in [-0.05, 0) is 30.0 Å². The van der Waals surface area contributed by atoms with Gasteiger partial charge in [0, 0.05) is 11.7 Å². The van der Waals surface area contributed by atoms with Crippen LogP contribution >= 0.6 is 0 Å². The predicted octanol–water partition coefficient (Wildman–Crippen LogP) is 2.09. The molecule has 1 aromatic rings. The Morgan fingerprint density at radius 3 is 2.16 bits per heavy atom. The number of sulfone groups is 1. The van der Waals surface area contributed by atoms with E-state index in [9.17, 15) is 18.3 Å². The van der Waals surface area contributed by atoms with E-state index in [4.69, 9.17) is 0 Å². The molecule has 0 saturated heterocycles. The van der Waals surface area contributed by atoms with E-state index in [-0.39, 0.29) is 22.1 Å². The molecule has 2 unspecified atom stereocenters. The SMILES string of the molecule is CC(C)C1(c2ccc(S(C)(=O)=O)cc2)CC1C(=O)O. The molecule has 0 amide bonds. The molecular formula is C14H18O4S. The second-order valence-corrected chi connectivity index (χ2v) is 7.60. The zero-order valence-electron chi connectivity index (χ0n) is 11.3. The number of rotatable bonds is 4. The molecule has 19 heavy (non-hydrogen) atoms. The molecule has 0 aliphatic heterocycles. The first-order valence-electron chi connectivity index (χ1n) is 6.23. The normalized spacial score (nSPS) is 26.4. The van der Waals surface area contributed by atoms with Gasteiger partial charge in [0.25, 0.3) is 0 Å². The number of hydrogen-bond acceptors (Lipinski definition) is 3. The average molecular weight is 282 g/mol. The molecule has 1 N–H and O–H groups in total. The Bertz CT molecular complexity index is 601.